The monoisotopic (exact) mass is 516 g/mol. The molecule has 5 rings (SSSR count). The molecule has 8 heteroatoms. The molecule has 0 saturated heterocycles. The van der Waals surface area contributed by atoms with Crippen molar-refractivity contribution in [3.05, 3.63) is 100 Å². The predicted molar refractivity (Wildman–Crippen MR) is 147 cm³/mol. The molecular formula is C28H25ClN4O2S. The van der Waals surface area contributed by atoms with E-state index in [0.717, 1.165) is 22.4 Å². The summed E-state index contributed by atoms with van der Waals surface area (Å²) in [5, 5.41) is 10.2. The first-order valence-corrected chi connectivity index (χ1v) is 13.0. The second-order valence-corrected chi connectivity index (χ2v) is 10.6. The summed E-state index contributed by atoms with van der Waals surface area (Å²) in [5.41, 5.74) is 5.93. The van der Waals surface area contributed by atoms with Crippen LogP contribution in [0.1, 0.15) is 41.1 Å². The average Bonchev–Trinajstić information content (AvgIpc) is 3.44. The smallest absolute Gasteiger partial charge is 0.262 e. The molecule has 6 nitrogen and oxygen atoms in total. The Kier molecular flexibility index (Phi) is 6.94. The van der Waals surface area contributed by atoms with Crippen LogP contribution in [0.15, 0.2) is 82.9 Å². The van der Waals surface area contributed by atoms with Gasteiger partial charge in [-0.3, -0.25) is 9.59 Å². The van der Waals surface area contributed by atoms with Crippen molar-refractivity contribution >= 4 is 51.7 Å². The van der Waals surface area contributed by atoms with Crippen LogP contribution in [0.4, 0.5) is 5.69 Å². The highest BCUT2D eigenvalue weighted by Crippen LogP contribution is 2.39. The summed E-state index contributed by atoms with van der Waals surface area (Å²) in [6.07, 6.45) is 0.704. The number of benzene rings is 3. The highest BCUT2D eigenvalue weighted by Gasteiger charge is 2.39. The van der Waals surface area contributed by atoms with Gasteiger partial charge in [0.05, 0.1) is 11.8 Å². The zero-order valence-electron chi connectivity index (χ0n) is 19.9. The van der Waals surface area contributed by atoms with Gasteiger partial charge < -0.3 is 5.32 Å². The van der Waals surface area contributed by atoms with E-state index in [-0.39, 0.29) is 24.3 Å². The number of hydrogen-bond donors (Lipinski definition) is 1. The van der Waals surface area contributed by atoms with Gasteiger partial charge in [0.15, 0.2) is 5.17 Å². The van der Waals surface area contributed by atoms with Crippen molar-refractivity contribution in [3.8, 4) is 0 Å². The highest BCUT2D eigenvalue weighted by molar-refractivity contribution is 8.15. The van der Waals surface area contributed by atoms with Crippen molar-refractivity contribution in [1.82, 2.24) is 5.01 Å². The number of rotatable bonds is 5. The fourth-order valence-corrected chi connectivity index (χ4v) is 5.45. The number of aliphatic imine (C=N–C) groups is 1. The Labute approximate surface area is 219 Å². The summed E-state index contributed by atoms with van der Waals surface area (Å²) in [4.78, 5) is 29.7. The van der Waals surface area contributed by atoms with Crippen molar-refractivity contribution < 1.29 is 9.59 Å². The van der Waals surface area contributed by atoms with Gasteiger partial charge in [-0.25, -0.2) is 5.01 Å². The summed E-state index contributed by atoms with van der Waals surface area (Å²) in [6, 6.07) is 23.3. The first-order valence-electron chi connectivity index (χ1n) is 11.7. The van der Waals surface area contributed by atoms with Crippen molar-refractivity contribution in [2.45, 2.75) is 38.0 Å². The zero-order chi connectivity index (χ0) is 25.2. The fraction of sp³-hybridized carbons (Fsp3) is 0.214. The molecule has 2 aliphatic heterocycles. The minimum atomic E-state index is -0.589. The maximum Gasteiger partial charge on any atom is 0.262 e. The van der Waals surface area contributed by atoms with Crippen LogP contribution in [0.5, 0.6) is 0 Å². The molecule has 2 atom stereocenters. The third-order valence-electron chi connectivity index (χ3n) is 6.15. The third-order valence-corrected chi connectivity index (χ3v) is 7.54. The van der Waals surface area contributed by atoms with Crippen LogP contribution < -0.4 is 5.32 Å². The van der Waals surface area contributed by atoms with Crippen molar-refractivity contribution in [3.63, 3.8) is 0 Å². The van der Waals surface area contributed by atoms with Gasteiger partial charge in [-0.2, -0.15) is 10.1 Å². The van der Waals surface area contributed by atoms with E-state index in [1.54, 1.807) is 0 Å². The lowest BCUT2D eigenvalue weighted by atomic mass is 9.98. The Morgan fingerprint density at radius 3 is 2.53 bits per heavy atom. The second-order valence-electron chi connectivity index (χ2n) is 8.99. The standard InChI is InChI=1S/C28H25ClN4O2S/c1-17-6-8-19(9-7-17)23-15-24(20-10-12-21(29)13-11-20)33(32-23)28-31-27(35)25(36-28)16-26(34)30-22-5-3-4-18(2)14-22/h3-14,24-25H,15-16H2,1-2H3,(H,30,34)/t24-,25+/m0/s1. The first-order chi connectivity index (χ1) is 17.4. The largest absolute Gasteiger partial charge is 0.326 e. The zero-order valence-corrected chi connectivity index (χ0v) is 21.5. The molecule has 0 aromatic heterocycles. The fourth-order valence-electron chi connectivity index (χ4n) is 4.26. The quantitative estimate of drug-likeness (QED) is 0.442. The normalized spacial score (nSPS) is 19.3. The number of amides is 2. The van der Waals surface area contributed by atoms with Crippen LogP contribution in [0.25, 0.3) is 0 Å². The van der Waals surface area contributed by atoms with E-state index in [1.807, 2.05) is 67.4 Å². The average molecular weight is 517 g/mol. The lowest BCUT2D eigenvalue weighted by Crippen LogP contribution is -2.25. The maximum absolute atomic E-state index is 12.8. The molecule has 2 aliphatic rings. The van der Waals surface area contributed by atoms with E-state index in [4.69, 9.17) is 16.7 Å². The number of nitrogens with one attached hydrogen (secondary N) is 1. The molecule has 3 aromatic rings. The molecule has 2 amide bonds. The number of hydrogen-bond acceptors (Lipinski definition) is 5. The molecule has 0 fully saturated rings. The topological polar surface area (TPSA) is 74.1 Å². The van der Waals surface area contributed by atoms with Gasteiger partial charge >= 0.3 is 0 Å². The minimum absolute atomic E-state index is 0.0401. The van der Waals surface area contributed by atoms with E-state index in [2.05, 4.69) is 34.6 Å². The number of thioether (sulfide) groups is 1. The molecule has 0 saturated carbocycles. The minimum Gasteiger partial charge on any atom is -0.326 e. The van der Waals surface area contributed by atoms with Crippen LogP contribution in [-0.2, 0) is 9.59 Å². The summed E-state index contributed by atoms with van der Waals surface area (Å²) in [6.45, 7) is 4.01. The van der Waals surface area contributed by atoms with Crippen molar-refractivity contribution in [2.75, 3.05) is 5.32 Å². The molecule has 36 heavy (non-hydrogen) atoms. The second kappa shape index (κ2) is 10.3. The van der Waals surface area contributed by atoms with Crippen LogP contribution in [-0.4, -0.2) is 33.0 Å². The van der Waals surface area contributed by atoms with Crippen molar-refractivity contribution in [1.29, 1.82) is 0 Å². The van der Waals surface area contributed by atoms with Gasteiger partial charge in [-0.1, -0.05) is 77.5 Å². The molecule has 0 aliphatic carbocycles. The van der Waals surface area contributed by atoms with Crippen LogP contribution in [0.3, 0.4) is 0 Å². The van der Waals surface area contributed by atoms with Gasteiger partial charge in [-0.15, -0.1) is 0 Å². The number of anilines is 1. The Hall–Kier alpha value is -3.42. The van der Waals surface area contributed by atoms with E-state index < -0.39 is 5.25 Å². The van der Waals surface area contributed by atoms with Gasteiger partial charge in [-0.05, 0) is 54.8 Å². The molecule has 0 unspecified atom stereocenters. The Morgan fingerprint density at radius 2 is 1.81 bits per heavy atom. The predicted octanol–water partition coefficient (Wildman–Crippen LogP) is 6.13. The summed E-state index contributed by atoms with van der Waals surface area (Å²) >= 11 is 7.41. The molecule has 0 radical (unpaired) electrons. The van der Waals surface area contributed by atoms with Gasteiger partial charge in [0.25, 0.3) is 5.91 Å². The number of amidine groups is 1. The molecule has 0 bridgehead atoms. The van der Waals surface area contributed by atoms with Crippen LogP contribution >= 0.6 is 23.4 Å². The number of carbonyl (C=O) groups excluding carboxylic acids is 2. The van der Waals surface area contributed by atoms with Crippen LogP contribution in [0.2, 0.25) is 5.02 Å². The third kappa shape index (κ3) is 5.37. The Bertz CT molecular complexity index is 1370. The van der Waals surface area contributed by atoms with E-state index in [1.165, 1.54) is 17.3 Å². The number of carbonyl (C=O) groups is 2. The number of aryl methyl sites for hydroxylation is 2. The number of nitrogens with zero attached hydrogens (tertiary/aromatic N) is 3. The maximum atomic E-state index is 12.8. The summed E-state index contributed by atoms with van der Waals surface area (Å²) in [7, 11) is 0. The molecule has 182 valence electrons. The first kappa shape index (κ1) is 24.3. The number of halogens is 1. The number of hydrazone groups is 1. The van der Waals surface area contributed by atoms with Gasteiger partial charge in [0, 0.05) is 23.6 Å². The Balaban J connectivity index is 1.35. The van der Waals surface area contributed by atoms with Crippen molar-refractivity contribution in [2.24, 2.45) is 10.1 Å². The summed E-state index contributed by atoms with van der Waals surface area (Å²) < 4.78 is 0. The Morgan fingerprint density at radius 1 is 1.06 bits per heavy atom. The lowest BCUT2D eigenvalue weighted by Gasteiger charge is -2.23. The summed E-state index contributed by atoms with van der Waals surface area (Å²) in [5.74, 6) is -0.536. The lowest BCUT2D eigenvalue weighted by molar-refractivity contribution is -0.121. The molecule has 3 aromatic carbocycles. The molecule has 2 heterocycles. The van der Waals surface area contributed by atoms with Gasteiger partial charge in [0.2, 0.25) is 5.91 Å². The van der Waals surface area contributed by atoms with E-state index >= 15 is 0 Å². The van der Waals surface area contributed by atoms with E-state index in [0.29, 0.717) is 22.3 Å². The van der Waals surface area contributed by atoms with Gasteiger partial charge in [0.1, 0.15) is 5.25 Å². The highest BCUT2D eigenvalue weighted by atomic mass is 35.5. The SMILES string of the molecule is Cc1ccc(C2=NN(C3=NC(=O)[C@@H](CC(=O)Nc4cccc(C)c4)S3)[C@H](c3ccc(Cl)cc3)C2)cc1. The van der Waals surface area contributed by atoms with E-state index in [9.17, 15) is 9.59 Å². The molecule has 0 spiro atoms. The molecule has 1 N–H and O–H groups in total. The van der Waals surface area contributed by atoms with Crippen LogP contribution in [0, 0.1) is 13.8 Å². The molecular weight excluding hydrogens is 492 g/mol.